The van der Waals surface area contributed by atoms with E-state index in [2.05, 4.69) is 0 Å². The number of methoxy groups -OCH3 is 2. The van der Waals surface area contributed by atoms with Crippen molar-refractivity contribution in [3.8, 4) is 17.2 Å². The molecule has 3 aromatic rings. The number of carbonyl (C=O) groups is 1. The van der Waals surface area contributed by atoms with Crippen LogP contribution in [-0.4, -0.2) is 43.1 Å². The third-order valence-electron chi connectivity index (χ3n) is 5.74. The summed E-state index contributed by atoms with van der Waals surface area (Å²) in [7, 11) is 3.16. The van der Waals surface area contributed by atoms with E-state index in [4.69, 9.17) is 14.2 Å². The summed E-state index contributed by atoms with van der Waals surface area (Å²) in [5, 5.41) is 10.9. The predicted octanol–water partition coefficient (Wildman–Crippen LogP) is 4.43. The fourth-order valence-corrected chi connectivity index (χ4v) is 4.04. The largest absolute Gasteiger partial charge is 0.493 e. The third kappa shape index (κ3) is 4.59. The van der Waals surface area contributed by atoms with Crippen LogP contribution in [0.3, 0.4) is 0 Å². The molecule has 3 aromatic carbocycles. The van der Waals surface area contributed by atoms with Gasteiger partial charge >= 0.3 is 0 Å². The smallest absolute Gasteiger partial charge is 0.269 e. The lowest BCUT2D eigenvalue weighted by molar-refractivity contribution is -0.384. The van der Waals surface area contributed by atoms with Crippen molar-refractivity contribution in [3.05, 3.63) is 93.5 Å². The van der Waals surface area contributed by atoms with Crippen LogP contribution in [0.1, 0.15) is 27.5 Å². The van der Waals surface area contributed by atoms with E-state index in [1.54, 1.807) is 43.4 Å². The molecule has 0 N–H and O–H groups in total. The number of rotatable bonds is 7. The van der Waals surface area contributed by atoms with E-state index in [1.807, 2.05) is 30.3 Å². The summed E-state index contributed by atoms with van der Waals surface area (Å²) < 4.78 is 16.9. The van der Waals surface area contributed by atoms with E-state index in [-0.39, 0.29) is 24.2 Å². The summed E-state index contributed by atoms with van der Waals surface area (Å²) in [5.41, 5.74) is 2.57. The van der Waals surface area contributed by atoms with Crippen molar-refractivity contribution in [3.63, 3.8) is 0 Å². The maximum Gasteiger partial charge on any atom is 0.269 e. The Morgan fingerprint density at radius 1 is 1.03 bits per heavy atom. The van der Waals surface area contributed by atoms with Gasteiger partial charge in [0.25, 0.3) is 11.6 Å². The minimum Gasteiger partial charge on any atom is -0.493 e. The number of hydrogen-bond acceptors (Lipinski definition) is 6. The molecule has 0 radical (unpaired) electrons. The summed E-state index contributed by atoms with van der Waals surface area (Å²) in [6.45, 7) is 0.698. The van der Waals surface area contributed by atoms with Gasteiger partial charge in [-0.2, -0.15) is 0 Å². The first kappa shape index (κ1) is 22.1. The zero-order valence-corrected chi connectivity index (χ0v) is 18.4. The first-order valence-corrected chi connectivity index (χ1v) is 10.5. The monoisotopic (exact) mass is 448 g/mol. The molecule has 0 saturated carbocycles. The van der Waals surface area contributed by atoms with Crippen LogP contribution in [0.2, 0.25) is 0 Å². The van der Waals surface area contributed by atoms with Gasteiger partial charge in [-0.1, -0.05) is 18.2 Å². The van der Waals surface area contributed by atoms with Crippen LogP contribution in [0.25, 0.3) is 0 Å². The first-order valence-electron chi connectivity index (χ1n) is 10.5. The van der Waals surface area contributed by atoms with Crippen molar-refractivity contribution in [2.24, 2.45) is 0 Å². The van der Waals surface area contributed by atoms with Crippen LogP contribution in [0.4, 0.5) is 5.69 Å². The topological polar surface area (TPSA) is 91.1 Å². The normalized spacial score (nSPS) is 14.8. The molecule has 0 aromatic heterocycles. The molecule has 8 nitrogen and oxygen atoms in total. The maximum atomic E-state index is 13.4. The number of carbonyl (C=O) groups excluding carboxylic acids is 1. The molecule has 1 aliphatic rings. The lowest BCUT2D eigenvalue weighted by Gasteiger charge is -2.37. The Morgan fingerprint density at radius 2 is 1.70 bits per heavy atom. The summed E-state index contributed by atoms with van der Waals surface area (Å²) in [5.74, 6) is 1.60. The number of non-ortho nitro benzene ring substituents is 1. The van der Waals surface area contributed by atoms with Gasteiger partial charge in [-0.15, -0.1) is 0 Å². The summed E-state index contributed by atoms with van der Waals surface area (Å²) >= 11 is 0. The molecule has 1 heterocycles. The van der Waals surface area contributed by atoms with Gasteiger partial charge in [0.05, 0.1) is 25.2 Å². The van der Waals surface area contributed by atoms with Gasteiger partial charge in [-0.05, 0) is 53.9 Å². The van der Waals surface area contributed by atoms with E-state index in [0.717, 1.165) is 11.1 Å². The Hall–Kier alpha value is -4.07. The molecular weight excluding hydrogens is 424 g/mol. The van der Waals surface area contributed by atoms with Crippen molar-refractivity contribution >= 4 is 11.6 Å². The van der Waals surface area contributed by atoms with E-state index in [9.17, 15) is 14.9 Å². The fraction of sp³-hybridized carbons (Fsp3) is 0.240. The quantitative estimate of drug-likeness (QED) is 0.392. The number of nitro groups is 1. The van der Waals surface area contributed by atoms with Crippen LogP contribution < -0.4 is 14.2 Å². The van der Waals surface area contributed by atoms with E-state index in [0.29, 0.717) is 35.8 Å². The highest BCUT2D eigenvalue weighted by Crippen LogP contribution is 2.39. The Bertz CT molecular complexity index is 1150. The molecule has 0 aliphatic carbocycles. The van der Waals surface area contributed by atoms with E-state index < -0.39 is 4.92 Å². The fourth-order valence-electron chi connectivity index (χ4n) is 4.04. The average molecular weight is 448 g/mol. The van der Waals surface area contributed by atoms with Crippen LogP contribution >= 0.6 is 0 Å². The number of nitro benzene ring substituents is 1. The Kier molecular flexibility index (Phi) is 6.44. The zero-order chi connectivity index (χ0) is 23.4. The Labute approximate surface area is 191 Å². The molecule has 8 heteroatoms. The van der Waals surface area contributed by atoms with Crippen LogP contribution in [0, 0.1) is 10.1 Å². The van der Waals surface area contributed by atoms with Gasteiger partial charge in [0, 0.05) is 24.2 Å². The summed E-state index contributed by atoms with van der Waals surface area (Å²) in [4.78, 5) is 25.6. The SMILES string of the molecule is COc1cc2c(cc1OC)C(COc1ccc([N+](=O)[O-])cc1)N(C(=O)c1ccccc1)CC2. The molecule has 1 unspecified atom stereocenters. The van der Waals surface area contributed by atoms with E-state index in [1.165, 1.54) is 12.1 Å². The Balaban J connectivity index is 1.67. The molecule has 33 heavy (non-hydrogen) atoms. The highest BCUT2D eigenvalue weighted by molar-refractivity contribution is 5.94. The highest BCUT2D eigenvalue weighted by atomic mass is 16.6. The molecule has 4 rings (SSSR count). The lowest BCUT2D eigenvalue weighted by Crippen LogP contribution is -2.42. The molecular formula is C25H24N2O6. The van der Waals surface area contributed by atoms with Crippen LogP contribution in [-0.2, 0) is 6.42 Å². The van der Waals surface area contributed by atoms with E-state index >= 15 is 0 Å². The van der Waals surface area contributed by atoms with Gasteiger partial charge in [0.1, 0.15) is 12.4 Å². The number of benzene rings is 3. The van der Waals surface area contributed by atoms with Crippen molar-refractivity contribution in [2.75, 3.05) is 27.4 Å². The lowest BCUT2D eigenvalue weighted by atomic mass is 9.91. The summed E-state index contributed by atoms with van der Waals surface area (Å²) in [6.07, 6.45) is 0.669. The van der Waals surface area contributed by atoms with Gasteiger partial charge in [-0.3, -0.25) is 14.9 Å². The van der Waals surface area contributed by atoms with Gasteiger partial charge in [0.2, 0.25) is 0 Å². The van der Waals surface area contributed by atoms with Gasteiger partial charge in [-0.25, -0.2) is 0 Å². The average Bonchev–Trinajstić information content (AvgIpc) is 2.86. The number of nitrogens with zero attached hydrogens (tertiary/aromatic N) is 2. The molecule has 0 fully saturated rings. The second kappa shape index (κ2) is 9.60. The molecule has 1 aliphatic heterocycles. The molecule has 170 valence electrons. The molecule has 1 amide bonds. The minimum atomic E-state index is -0.457. The summed E-state index contributed by atoms with van der Waals surface area (Å²) in [6, 6.07) is 18.5. The molecule has 1 atom stereocenters. The zero-order valence-electron chi connectivity index (χ0n) is 18.4. The van der Waals surface area contributed by atoms with Gasteiger partial charge in [0.15, 0.2) is 11.5 Å². The number of hydrogen-bond donors (Lipinski definition) is 0. The number of fused-ring (bicyclic) bond motifs is 1. The maximum absolute atomic E-state index is 13.4. The number of ether oxygens (including phenoxy) is 3. The highest BCUT2D eigenvalue weighted by Gasteiger charge is 2.33. The second-order valence-corrected chi connectivity index (χ2v) is 7.60. The molecule has 0 spiro atoms. The number of amides is 1. The van der Waals surface area contributed by atoms with Crippen molar-refractivity contribution in [1.29, 1.82) is 0 Å². The first-order chi connectivity index (χ1) is 16.0. The van der Waals surface area contributed by atoms with Crippen molar-refractivity contribution in [1.82, 2.24) is 4.90 Å². The Morgan fingerprint density at radius 3 is 2.33 bits per heavy atom. The van der Waals surface area contributed by atoms with Gasteiger partial charge < -0.3 is 19.1 Å². The minimum absolute atomic E-state index is 0.0110. The van der Waals surface area contributed by atoms with Crippen LogP contribution in [0.15, 0.2) is 66.7 Å². The second-order valence-electron chi connectivity index (χ2n) is 7.60. The molecule has 0 bridgehead atoms. The predicted molar refractivity (Wildman–Crippen MR) is 122 cm³/mol. The van der Waals surface area contributed by atoms with Crippen LogP contribution in [0.5, 0.6) is 17.2 Å². The standard InChI is InChI=1S/C25H24N2O6/c1-31-23-14-18-12-13-26(25(28)17-6-4-3-5-7-17)22(21(18)15-24(23)32-2)16-33-20-10-8-19(9-11-20)27(29)30/h3-11,14-15,22H,12-13,16H2,1-2H3. The van der Waals surface area contributed by atoms with Crippen molar-refractivity contribution in [2.45, 2.75) is 12.5 Å². The van der Waals surface area contributed by atoms with Crippen molar-refractivity contribution < 1.29 is 23.9 Å². The third-order valence-corrected chi connectivity index (χ3v) is 5.74. The molecule has 0 saturated heterocycles.